The molecule has 2 aliphatic rings. The second-order valence-corrected chi connectivity index (χ2v) is 6.92. The highest BCUT2D eigenvalue weighted by atomic mass is 35.5. The minimum Gasteiger partial charge on any atom is -0.325 e. The molecule has 1 aromatic rings. The van der Waals surface area contributed by atoms with Gasteiger partial charge in [0.1, 0.15) is 6.04 Å². The molecule has 1 unspecified atom stereocenters. The van der Waals surface area contributed by atoms with Gasteiger partial charge in [0.15, 0.2) is 0 Å². The van der Waals surface area contributed by atoms with Crippen LogP contribution in [-0.2, 0) is 4.79 Å². The van der Waals surface area contributed by atoms with E-state index in [1.807, 2.05) is 0 Å². The van der Waals surface area contributed by atoms with Crippen LogP contribution in [0.4, 0.5) is 10.5 Å². The van der Waals surface area contributed by atoms with Crippen LogP contribution in [0, 0.1) is 5.92 Å². The summed E-state index contributed by atoms with van der Waals surface area (Å²) in [6.07, 6.45) is 6.70. The van der Waals surface area contributed by atoms with E-state index in [1.54, 1.807) is 18.2 Å². The molecular formula is C16H18Cl2N2O2. The molecule has 0 radical (unpaired) electrons. The molecule has 1 atom stereocenters. The first-order valence-corrected chi connectivity index (χ1v) is 8.41. The average Bonchev–Trinajstić information content (AvgIpc) is 2.73. The maximum absolute atomic E-state index is 12.6. The van der Waals surface area contributed by atoms with Gasteiger partial charge in [0, 0.05) is 10.0 Å². The minimum absolute atomic E-state index is 0.214. The predicted molar refractivity (Wildman–Crippen MR) is 87.5 cm³/mol. The lowest BCUT2D eigenvalue weighted by Crippen LogP contribution is -2.32. The number of carbonyl (C=O) groups is 2. The van der Waals surface area contributed by atoms with Gasteiger partial charge in [0.05, 0.1) is 5.69 Å². The summed E-state index contributed by atoms with van der Waals surface area (Å²) in [5.41, 5.74) is 0.422. The Bertz CT molecular complexity index is 580. The molecule has 1 heterocycles. The quantitative estimate of drug-likeness (QED) is 0.829. The summed E-state index contributed by atoms with van der Waals surface area (Å²) in [5.74, 6) is 0.305. The molecule has 3 amide bonds. The molecule has 118 valence electrons. The van der Waals surface area contributed by atoms with Crippen molar-refractivity contribution in [1.29, 1.82) is 0 Å². The van der Waals surface area contributed by atoms with Crippen molar-refractivity contribution in [1.82, 2.24) is 5.32 Å². The Morgan fingerprint density at radius 3 is 2.32 bits per heavy atom. The number of rotatable bonds is 3. The molecule has 1 aliphatic heterocycles. The number of hydrogen-bond acceptors (Lipinski definition) is 2. The molecule has 0 bridgehead atoms. The van der Waals surface area contributed by atoms with Crippen LogP contribution >= 0.6 is 23.2 Å². The van der Waals surface area contributed by atoms with Gasteiger partial charge in [0.2, 0.25) is 0 Å². The normalized spacial score (nSPS) is 23.0. The Morgan fingerprint density at radius 1 is 1.05 bits per heavy atom. The number of carbonyl (C=O) groups excluding carboxylic acids is 2. The number of nitrogens with one attached hydrogen (secondary N) is 1. The van der Waals surface area contributed by atoms with E-state index in [-0.39, 0.29) is 5.91 Å². The standard InChI is InChI=1S/C16H18Cl2N2O2/c17-11-7-12(18)9-13(8-11)20-15(21)14(19-16(20)22)6-10-4-2-1-3-5-10/h7-10,14H,1-6H2,(H,19,22). The van der Waals surface area contributed by atoms with Crippen molar-refractivity contribution < 1.29 is 9.59 Å². The van der Waals surface area contributed by atoms with Crippen LogP contribution in [0.15, 0.2) is 18.2 Å². The van der Waals surface area contributed by atoms with Gasteiger partial charge in [0.25, 0.3) is 5.91 Å². The van der Waals surface area contributed by atoms with Crippen molar-refractivity contribution in [2.75, 3.05) is 4.90 Å². The lowest BCUT2D eigenvalue weighted by molar-refractivity contribution is -0.118. The van der Waals surface area contributed by atoms with Crippen LogP contribution < -0.4 is 10.2 Å². The van der Waals surface area contributed by atoms with E-state index < -0.39 is 12.1 Å². The molecule has 22 heavy (non-hydrogen) atoms. The molecule has 1 aliphatic carbocycles. The maximum Gasteiger partial charge on any atom is 0.329 e. The zero-order valence-corrected chi connectivity index (χ0v) is 13.7. The number of hydrogen-bond donors (Lipinski definition) is 1. The van der Waals surface area contributed by atoms with Gasteiger partial charge >= 0.3 is 6.03 Å². The highest BCUT2D eigenvalue weighted by molar-refractivity contribution is 6.35. The van der Waals surface area contributed by atoms with Crippen molar-refractivity contribution in [3.63, 3.8) is 0 Å². The number of urea groups is 1. The molecule has 0 spiro atoms. The van der Waals surface area contributed by atoms with Crippen LogP contribution in [0.1, 0.15) is 38.5 Å². The zero-order valence-electron chi connectivity index (χ0n) is 12.1. The number of halogens is 2. The summed E-state index contributed by atoms with van der Waals surface area (Å²) < 4.78 is 0. The fraction of sp³-hybridized carbons (Fsp3) is 0.500. The first-order valence-electron chi connectivity index (χ1n) is 7.65. The first-order chi connectivity index (χ1) is 10.5. The van der Waals surface area contributed by atoms with E-state index in [1.165, 1.54) is 19.3 Å². The molecular weight excluding hydrogens is 323 g/mol. The second kappa shape index (κ2) is 6.47. The predicted octanol–water partition coefficient (Wildman–Crippen LogP) is 4.39. The number of benzene rings is 1. The molecule has 1 N–H and O–H groups in total. The van der Waals surface area contributed by atoms with Gasteiger partial charge in [-0.3, -0.25) is 4.79 Å². The monoisotopic (exact) mass is 340 g/mol. The van der Waals surface area contributed by atoms with E-state index in [0.29, 0.717) is 21.7 Å². The van der Waals surface area contributed by atoms with Crippen LogP contribution in [0.25, 0.3) is 0 Å². The highest BCUT2D eigenvalue weighted by Gasteiger charge is 2.40. The Balaban J connectivity index is 1.76. The van der Waals surface area contributed by atoms with E-state index in [2.05, 4.69) is 5.32 Å². The number of nitrogens with zero attached hydrogens (tertiary/aromatic N) is 1. The Hall–Kier alpha value is -1.26. The summed E-state index contributed by atoms with van der Waals surface area (Å²) in [4.78, 5) is 25.9. The Labute approximate surface area is 139 Å². The Morgan fingerprint density at radius 2 is 1.68 bits per heavy atom. The molecule has 1 aromatic carbocycles. The van der Waals surface area contributed by atoms with Crippen LogP contribution in [0.3, 0.4) is 0 Å². The molecule has 1 saturated carbocycles. The topological polar surface area (TPSA) is 49.4 Å². The van der Waals surface area contributed by atoms with Crippen molar-refractivity contribution in [2.45, 2.75) is 44.6 Å². The van der Waals surface area contributed by atoms with Gasteiger partial charge < -0.3 is 5.32 Å². The highest BCUT2D eigenvalue weighted by Crippen LogP contribution is 2.31. The van der Waals surface area contributed by atoms with Crippen LogP contribution in [0.2, 0.25) is 10.0 Å². The third-order valence-electron chi connectivity index (χ3n) is 4.42. The van der Waals surface area contributed by atoms with Crippen LogP contribution in [0.5, 0.6) is 0 Å². The van der Waals surface area contributed by atoms with Gasteiger partial charge in [-0.2, -0.15) is 0 Å². The second-order valence-electron chi connectivity index (χ2n) is 6.04. The molecule has 1 saturated heterocycles. The van der Waals surface area contributed by atoms with E-state index >= 15 is 0 Å². The third kappa shape index (κ3) is 3.23. The lowest BCUT2D eigenvalue weighted by Gasteiger charge is -2.23. The minimum atomic E-state index is -0.437. The fourth-order valence-corrected chi connectivity index (χ4v) is 3.87. The maximum atomic E-state index is 12.6. The molecule has 3 rings (SSSR count). The van der Waals surface area contributed by atoms with E-state index in [0.717, 1.165) is 24.2 Å². The van der Waals surface area contributed by atoms with E-state index in [9.17, 15) is 9.59 Å². The van der Waals surface area contributed by atoms with Gasteiger partial charge in [-0.25, -0.2) is 9.69 Å². The smallest absolute Gasteiger partial charge is 0.325 e. The number of anilines is 1. The summed E-state index contributed by atoms with van der Waals surface area (Å²) in [6, 6.07) is 3.89. The molecule has 4 nitrogen and oxygen atoms in total. The number of imide groups is 1. The van der Waals surface area contributed by atoms with Gasteiger partial charge in [-0.15, -0.1) is 0 Å². The van der Waals surface area contributed by atoms with Gasteiger partial charge in [-0.05, 0) is 30.5 Å². The van der Waals surface area contributed by atoms with Crippen molar-refractivity contribution in [2.24, 2.45) is 5.92 Å². The van der Waals surface area contributed by atoms with Crippen molar-refractivity contribution in [3.8, 4) is 0 Å². The largest absolute Gasteiger partial charge is 0.329 e. The summed E-state index contributed by atoms with van der Waals surface area (Å²) in [5, 5.41) is 3.59. The Kier molecular flexibility index (Phi) is 4.59. The van der Waals surface area contributed by atoms with E-state index in [4.69, 9.17) is 23.2 Å². The molecule has 6 heteroatoms. The van der Waals surface area contributed by atoms with Crippen LogP contribution in [-0.4, -0.2) is 18.0 Å². The SMILES string of the molecule is O=C1NC(CC2CCCCC2)C(=O)N1c1cc(Cl)cc(Cl)c1. The molecule has 2 fully saturated rings. The third-order valence-corrected chi connectivity index (χ3v) is 4.86. The van der Waals surface area contributed by atoms with Crippen molar-refractivity contribution in [3.05, 3.63) is 28.2 Å². The summed E-state index contributed by atoms with van der Waals surface area (Å²) in [6.45, 7) is 0. The summed E-state index contributed by atoms with van der Waals surface area (Å²) in [7, 11) is 0. The number of amides is 3. The lowest BCUT2D eigenvalue weighted by atomic mass is 9.85. The fourth-order valence-electron chi connectivity index (χ4n) is 3.36. The summed E-state index contributed by atoms with van der Waals surface area (Å²) >= 11 is 11.9. The first kappa shape index (κ1) is 15.6. The average molecular weight is 341 g/mol. The molecule has 0 aromatic heterocycles. The zero-order chi connectivity index (χ0) is 15.7. The van der Waals surface area contributed by atoms with Gasteiger partial charge in [-0.1, -0.05) is 55.3 Å². The van der Waals surface area contributed by atoms with Crippen molar-refractivity contribution >= 4 is 40.8 Å².